The summed E-state index contributed by atoms with van der Waals surface area (Å²) < 4.78 is 0. The van der Waals surface area contributed by atoms with Gasteiger partial charge in [-0.3, -0.25) is 0 Å². The number of hydrogen-bond acceptors (Lipinski definition) is 1. The van der Waals surface area contributed by atoms with Crippen LogP contribution in [0.2, 0.25) is 0 Å². The molecule has 0 saturated carbocycles. The Hall–Kier alpha value is -0.990. The van der Waals surface area contributed by atoms with Crippen LogP contribution in [0.25, 0.3) is 0 Å². The lowest BCUT2D eigenvalue weighted by Gasteiger charge is -1.95. The van der Waals surface area contributed by atoms with E-state index < -0.39 is 0 Å². The molecule has 0 bridgehead atoms. The monoisotopic (exact) mass is 126 g/mol. The molecule has 0 unspecified atom stereocenters. The highest BCUT2D eigenvalue weighted by atomic mass is 16.1. The SMILES string of the molecule is CC(C)c1c[nH]c(=O)[nH]1. The van der Waals surface area contributed by atoms with E-state index in [1.54, 1.807) is 6.20 Å². The van der Waals surface area contributed by atoms with Gasteiger partial charge in [-0.25, -0.2) is 4.79 Å². The maximum absolute atomic E-state index is 10.5. The first kappa shape index (κ1) is 6.13. The number of imidazole rings is 1. The number of aromatic nitrogens is 2. The van der Waals surface area contributed by atoms with Crippen LogP contribution in [-0.4, -0.2) is 9.97 Å². The molecule has 0 fully saturated rings. The van der Waals surface area contributed by atoms with Crippen LogP contribution in [-0.2, 0) is 0 Å². The van der Waals surface area contributed by atoms with Gasteiger partial charge in [0.25, 0.3) is 0 Å². The van der Waals surface area contributed by atoms with Gasteiger partial charge in [0.15, 0.2) is 0 Å². The molecular weight excluding hydrogens is 116 g/mol. The van der Waals surface area contributed by atoms with E-state index in [4.69, 9.17) is 0 Å². The fourth-order valence-electron chi connectivity index (χ4n) is 0.658. The van der Waals surface area contributed by atoms with Crippen LogP contribution in [0.4, 0.5) is 0 Å². The molecule has 3 heteroatoms. The zero-order valence-corrected chi connectivity index (χ0v) is 5.56. The summed E-state index contributed by atoms with van der Waals surface area (Å²) in [5.41, 5.74) is 0.832. The lowest BCUT2D eigenvalue weighted by Crippen LogP contribution is -2.01. The Morgan fingerprint density at radius 3 is 2.44 bits per heavy atom. The first-order chi connectivity index (χ1) is 4.20. The molecule has 0 spiro atoms. The van der Waals surface area contributed by atoms with E-state index in [9.17, 15) is 4.79 Å². The topological polar surface area (TPSA) is 48.6 Å². The van der Waals surface area contributed by atoms with E-state index in [1.807, 2.05) is 13.8 Å². The third kappa shape index (κ3) is 1.22. The highest BCUT2D eigenvalue weighted by Crippen LogP contribution is 2.05. The molecule has 0 aliphatic carbocycles. The van der Waals surface area contributed by atoms with Gasteiger partial charge in [0, 0.05) is 11.9 Å². The Labute approximate surface area is 53.1 Å². The molecule has 0 saturated heterocycles. The molecule has 1 aromatic rings. The molecule has 1 heterocycles. The number of nitrogens with one attached hydrogen (secondary N) is 2. The number of aromatic amines is 2. The standard InChI is InChI=1S/C6H10N2O/c1-4(2)5-3-7-6(9)8-5/h3-4H,1-2H3,(H2,7,8,9). The number of H-pyrrole nitrogens is 2. The minimum atomic E-state index is -0.126. The average molecular weight is 126 g/mol. The van der Waals surface area contributed by atoms with Crippen molar-refractivity contribution in [3.63, 3.8) is 0 Å². The zero-order valence-electron chi connectivity index (χ0n) is 5.56. The summed E-state index contributed by atoms with van der Waals surface area (Å²) in [5.74, 6) is 0.393. The van der Waals surface area contributed by atoms with Gasteiger partial charge in [-0.1, -0.05) is 13.8 Å². The summed E-state index contributed by atoms with van der Waals surface area (Å²) in [5, 5.41) is 0. The summed E-state index contributed by atoms with van der Waals surface area (Å²) in [6, 6.07) is 0. The van der Waals surface area contributed by atoms with Crippen molar-refractivity contribution in [3.05, 3.63) is 22.4 Å². The fourth-order valence-corrected chi connectivity index (χ4v) is 0.658. The van der Waals surface area contributed by atoms with Crippen molar-refractivity contribution >= 4 is 0 Å². The smallest absolute Gasteiger partial charge is 0.313 e. The largest absolute Gasteiger partial charge is 0.323 e. The van der Waals surface area contributed by atoms with E-state index in [2.05, 4.69) is 9.97 Å². The van der Waals surface area contributed by atoms with E-state index >= 15 is 0 Å². The molecule has 1 rings (SSSR count). The van der Waals surface area contributed by atoms with Gasteiger partial charge in [0.05, 0.1) is 0 Å². The van der Waals surface area contributed by atoms with E-state index in [-0.39, 0.29) is 5.69 Å². The van der Waals surface area contributed by atoms with Crippen LogP contribution in [0.1, 0.15) is 25.5 Å². The summed E-state index contributed by atoms with van der Waals surface area (Å²) in [7, 11) is 0. The van der Waals surface area contributed by atoms with Crippen molar-refractivity contribution in [3.8, 4) is 0 Å². The quantitative estimate of drug-likeness (QED) is 0.575. The van der Waals surface area contributed by atoms with Crippen molar-refractivity contribution in [2.24, 2.45) is 0 Å². The molecule has 1 aromatic heterocycles. The van der Waals surface area contributed by atoms with E-state index in [0.717, 1.165) is 5.69 Å². The van der Waals surface area contributed by atoms with Gasteiger partial charge in [0.2, 0.25) is 0 Å². The summed E-state index contributed by atoms with van der Waals surface area (Å²) in [6.07, 6.45) is 1.70. The number of hydrogen-bond donors (Lipinski definition) is 2. The molecular formula is C6H10N2O. The maximum Gasteiger partial charge on any atom is 0.323 e. The van der Waals surface area contributed by atoms with Gasteiger partial charge in [0.1, 0.15) is 0 Å². The summed E-state index contributed by atoms with van der Waals surface area (Å²) in [6.45, 7) is 4.05. The highest BCUT2D eigenvalue weighted by molar-refractivity contribution is 4.99. The third-order valence-electron chi connectivity index (χ3n) is 1.24. The molecule has 50 valence electrons. The Morgan fingerprint density at radius 2 is 2.22 bits per heavy atom. The van der Waals surface area contributed by atoms with Crippen LogP contribution >= 0.6 is 0 Å². The predicted molar refractivity (Wildman–Crippen MR) is 35.5 cm³/mol. The molecule has 0 aliphatic heterocycles. The highest BCUT2D eigenvalue weighted by Gasteiger charge is 1.98. The molecule has 3 nitrogen and oxygen atoms in total. The lowest BCUT2D eigenvalue weighted by molar-refractivity contribution is 0.829. The van der Waals surface area contributed by atoms with Gasteiger partial charge in [-0.15, -0.1) is 0 Å². The van der Waals surface area contributed by atoms with Crippen LogP contribution in [0.15, 0.2) is 11.0 Å². The Balaban J connectivity index is 2.98. The first-order valence-corrected chi connectivity index (χ1v) is 2.97. The second-order valence-corrected chi connectivity index (χ2v) is 2.35. The fraction of sp³-hybridized carbons (Fsp3) is 0.500. The minimum absolute atomic E-state index is 0.126. The van der Waals surface area contributed by atoms with Gasteiger partial charge in [-0.05, 0) is 5.92 Å². The first-order valence-electron chi connectivity index (χ1n) is 2.97. The van der Waals surface area contributed by atoms with Crippen molar-refractivity contribution in [1.29, 1.82) is 0 Å². The molecule has 0 aromatic carbocycles. The van der Waals surface area contributed by atoms with E-state index in [1.165, 1.54) is 0 Å². The molecule has 0 aliphatic rings. The molecule has 0 amide bonds. The lowest BCUT2D eigenvalue weighted by atomic mass is 10.2. The van der Waals surface area contributed by atoms with E-state index in [0.29, 0.717) is 5.92 Å². The van der Waals surface area contributed by atoms with Crippen LogP contribution < -0.4 is 5.69 Å². The third-order valence-corrected chi connectivity index (χ3v) is 1.24. The summed E-state index contributed by atoms with van der Waals surface area (Å²) in [4.78, 5) is 15.7. The van der Waals surface area contributed by atoms with Crippen molar-refractivity contribution in [1.82, 2.24) is 9.97 Å². The van der Waals surface area contributed by atoms with Gasteiger partial charge < -0.3 is 9.97 Å². The molecule has 0 atom stereocenters. The van der Waals surface area contributed by atoms with Crippen LogP contribution in [0.5, 0.6) is 0 Å². The average Bonchev–Trinajstić information content (AvgIpc) is 2.14. The Bertz CT molecular complexity index is 233. The summed E-state index contributed by atoms with van der Waals surface area (Å²) >= 11 is 0. The second-order valence-electron chi connectivity index (χ2n) is 2.35. The Kier molecular flexibility index (Phi) is 1.42. The zero-order chi connectivity index (χ0) is 6.85. The Morgan fingerprint density at radius 1 is 1.56 bits per heavy atom. The van der Waals surface area contributed by atoms with Crippen molar-refractivity contribution < 1.29 is 0 Å². The van der Waals surface area contributed by atoms with Crippen molar-refractivity contribution in [2.45, 2.75) is 19.8 Å². The maximum atomic E-state index is 10.5. The molecule has 9 heavy (non-hydrogen) atoms. The number of rotatable bonds is 1. The van der Waals surface area contributed by atoms with Gasteiger partial charge in [-0.2, -0.15) is 0 Å². The minimum Gasteiger partial charge on any atom is -0.313 e. The van der Waals surface area contributed by atoms with Crippen molar-refractivity contribution in [2.75, 3.05) is 0 Å². The normalized spacial score (nSPS) is 10.6. The molecule has 0 radical (unpaired) electrons. The molecule has 2 N–H and O–H groups in total. The van der Waals surface area contributed by atoms with Gasteiger partial charge >= 0.3 is 5.69 Å². The second kappa shape index (κ2) is 2.09. The predicted octanol–water partition coefficient (Wildman–Crippen LogP) is 0.826. The van der Waals surface area contributed by atoms with Crippen LogP contribution in [0, 0.1) is 0 Å². The van der Waals surface area contributed by atoms with Crippen LogP contribution in [0.3, 0.4) is 0 Å².